The molecule has 5 nitrogen and oxygen atoms in total. The lowest BCUT2D eigenvalue weighted by atomic mass is 9.49. The van der Waals surface area contributed by atoms with Gasteiger partial charge in [0, 0.05) is 36.5 Å². The maximum atomic E-state index is 12.3. The SMILES string of the molecule is Cc1[nH]nc2c1C[C@@]1(O)[C@H]3Cc4ccc(O)cc4[C@@]1(CCN3CC1CC1)C2. The van der Waals surface area contributed by atoms with Crippen molar-refractivity contribution in [2.75, 3.05) is 13.1 Å². The number of aromatic amines is 1. The number of aryl methyl sites for hydroxylation is 1. The van der Waals surface area contributed by atoms with Crippen LogP contribution in [0.4, 0.5) is 0 Å². The molecule has 1 saturated heterocycles. The number of aromatic hydroxyl groups is 1. The number of hydrogen-bond acceptors (Lipinski definition) is 4. The van der Waals surface area contributed by atoms with Gasteiger partial charge in [-0.2, -0.15) is 5.10 Å². The summed E-state index contributed by atoms with van der Waals surface area (Å²) in [5.41, 5.74) is 4.68. The van der Waals surface area contributed by atoms with E-state index in [4.69, 9.17) is 0 Å². The number of likely N-dealkylation sites (tertiary alicyclic amines) is 1. The number of fused-ring (bicyclic) bond motifs is 2. The fraction of sp³-hybridized carbons (Fsp3) is 0.591. The minimum absolute atomic E-state index is 0.145. The number of benzene rings is 1. The standard InChI is InChI=1S/C22H27N3O2/c1-13-17-10-22(27)20-8-15-4-5-16(26)9-18(15)21(22,11-19(17)24-23-13)6-7-25(20)12-14-2-3-14/h4-5,9,14,20,26-27H,2-3,6-8,10-12H2,1H3,(H,23,24)/t20-,21-,22-/m1/s1. The second-order valence-corrected chi connectivity index (χ2v) is 9.38. The number of piperidine rings is 1. The van der Waals surface area contributed by atoms with Gasteiger partial charge >= 0.3 is 0 Å². The molecule has 3 atom stereocenters. The van der Waals surface area contributed by atoms with Crippen LogP contribution in [-0.4, -0.2) is 50.0 Å². The Morgan fingerprint density at radius 1 is 1.30 bits per heavy atom. The summed E-state index contributed by atoms with van der Waals surface area (Å²) >= 11 is 0. The molecule has 3 N–H and O–H groups in total. The highest BCUT2D eigenvalue weighted by atomic mass is 16.3. The third-order valence-electron chi connectivity index (χ3n) is 7.93. The van der Waals surface area contributed by atoms with Gasteiger partial charge in [-0.3, -0.25) is 10.00 Å². The fourth-order valence-electron chi connectivity index (χ4n) is 6.30. The van der Waals surface area contributed by atoms with Gasteiger partial charge in [0.1, 0.15) is 5.75 Å². The first kappa shape index (κ1) is 16.1. The van der Waals surface area contributed by atoms with Crippen molar-refractivity contribution in [2.24, 2.45) is 5.92 Å². The Morgan fingerprint density at radius 2 is 2.15 bits per heavy atom. The van der Waals surface area contributed by atoms with Crippen LogP contribution in [0.2, 0.25) is 0 Å². The van der Waals surface area contributed by atoms with Crippen molar-refractivity contribution in [2.45, 2.75) is 62.5 Å². The average Bonchev–Trinajstić information content (AvgIpc) is 3.39. The first-order chi connectivity index (χ1) is 13.0. The van der Waals surface area contributed by atoms with Crippen LogP contribution in [0.15, 0.2) is 18.2 Å². The number of phenolic OH excluding ortho intramolecular Hbond substituents is 1. The second kappa shape index (κ2) is 5.15. The van der Waals surface area contributed by atoms with Crippen molar-refractivity contribution >= 4 is 0 Å². The number of rotatable bonds is 2. The van der Waals surface area contributed by atoms with Gasteiger partial charge in [-0.05, 0) is 73.9 Å². The molecule has 5 heteroatoms. The monoisotopic (exact) mass is 365 g/mol. The minimum atomic E-state index is -0.803. The molecule has 2 bridgehead atoms. The fourth-order valence-corrected chi connectivity index (χ4v) is 6.30. The highest BCUT2D eigenvalue weighted by Gasteiger charge is 2.65. The van der Waals surface area contributed by atoms with Crippen LogP contribution in [0.5, 0.6) is 5.75 Å². The predicted molar refractivity (Wildman–Crippen MR) is 102 cm³/mol. The maximum Gasteiger partial charge on any atom is 0.115 e. The minimum Gasteiger partial charge on any atom is -0.508 e. The van der Waals surface area contributed by atoms with E-state index in [1.165, 1.54) is 24.0 Å². The molecule has 3 aliphatic carbocycles. The maximum absolute atomic E-state index is 12.3. The summed E-state index contributed by atoms with van der Waals surface area (Å²) in [4.78, 5) is 2.58. The highest BCUT2D eigenvalue weighted by molar-refractivity contribution is 5.52. The van der Waals surface area contributed by atoms with Crippen LogP contribution >= 0.6 is 0 Å². The van der Waals surface area contributed by atoms with Crippen LogP contribution in [0, 0.1) is 12.8 Å². The zero-order valence-corrected chi connectivity index (χ0v) is 15.8. The Bertz CT molecular complexity index is 934. The molecule has 0 amide bonds. The summed E-state index contributed by atoms with van der Waals surface area (Å²) in [6.45, 7) is 4.21. The molecule has 0 radical (unpaired) electrons. The normalized spacial score (nSPS) is 34.7. The zero-order valence-electron chi connectivity index (χ0n) is 15.8. The largest absolute Gasteiger partial charge is 0.508 e. The molecule has 4 aliphatic rings. The molecule has 27 heavy (non-hydrogen) atoms. The lowest BCUT2D eigenvalue weighted by molar-refractivity contribution is -0.152. The van der Waals surface area contributed by atoms with Crippen molar-refractivity contribution < 1.29 is 10.2 Å². The predicted octanol–water partition coefficient (Wildman–Crippen LogP) is 2.23. The summed E-state index contributed by atoms with van der Waals surface area (Å²) in [5.74, 6) is 1.12. The van der Waals surface area contributed by atoms with Crippen molar-refractivity contribution in [3.8, 4) is 5.75 Å². The van der Waals surface area contributed by atoms with Crippen molar-refractivity contribution in [3.05, 3.63) is 46.3 Å². The molecule has 2 heterocycles. The molecule has 2 aromatic rings. The molecular weight excluding hydrogens is 338 g/mol. The van der Waals surface area contributed by atoms with E-state index >= 15 is 0 Å². The molecule has 0 unspecified atom stereocenters. The number of nitrogens with zero attached hydrogens (tertiary/aromatic N) is 2. The summed E-state index contributed by atoms with van der Waals surface area (Å²) in [5, 5.41) is 30.3. The number of aliphatic hydroxyl groups is 1. The van der Waals surface area contributed by atoms with Gasteiger partial charge in [-0.25, -0.2) is 0 Å². The van der Waals surface area contributed by atoms with E-state index in [0.29, 0.717) is 12.2 Å². The molecule has 1 saturated carbocycles. The number of hydrogen-bond donors (Lipinski definition) is 3. The molecule has 1 aromatic carbocycles. The Labute approximate surface area is 159 Å². The lowest BCUT2D eigenvalue weighted by Crippen LogP contribution is -2.74. The molecule has 1 aliphatic heterocycles. The zero-order chi connectivity index (χ0) is 18.4. The summed E-state index contributed by atoms with van der Waals surface area (Å²) in [7, 11) is 0. The Kier molecular flexibility index (Phi) is 3.08. The van der Waals surface area contributed by atoms with Crippen LogP contribution in [0.25, 0.3) is 0 Å². The number of phenols is 1. The van der Waals surface area contributed by atoms with Crippen LogP contribution in [0.1, 0.15) is 47.3 Å². The van der Waals surface area contributed by atoms with E-state index in [2.05, 4.69) is 28.1 Å². The van der Waals surface area contributed by atoms with Gasteiger partial charge in [0.05, 0.1) is 11.3 Å². The number of aromatic nitrogens is 2. The van der Waals surface area contributed by atoms with Gasteiger partial charge in [0.15, 0.2) is 0 Å². The molecular formula is C22H27N3O2. The smallest absolute Gasteiger partial charge is 0.115 e. The summed E-state index contributed by atoms with van der Waals surface area (Å²) in [6.07, 6.45) is 5.88. The summed E-state index contributed by atoms with van der Waals surface area (Å²) < 4.78 is 0. The average molecular weight is 365 g/mol. The van der Waals surface area contributed by atoms with E-state index < -0.39 is 5.60 Å². The number of H-pyrrole nitrogens is 1. The van der Waals surface area contributed by atoms with E-state index in [-0.39, 0.29) is 11.5 Å². The van der Waals surface area contributed by atoms with Crippen molar-refractivity contribution in [3.63, 3.8) is 0 Å². The van der Waals surface area contributed by atoms with E-state index in [0.717, 1.165) is 55.2 Å². The van der Waals surface area contributed by atoms with Crippen LogP contribution in [0.3, 0.4) is 0 Å². The topological polar surface area (TPSA) is 72.4 Å². The van der Waals surface area contributed by atoms with Gasteiger partial charge in [-0.15, -0.1) is 0 Å². The van der Waals surface area contributed by atoms with Crippen LogP contribution in [-0.2, 0) is 24.7 Å². The Balaban J connectivity index is 1.55. The first-order valence-electron chi connectivity index (χ1n) is 10.3. The van der Waals surface area contributed by atoms with Crippen molar-refractivity contribution in [1.29, 1.82) is 0 Å². The lowest BCUT2D eigenvalue weighted by Gasteiger charge is -2.63. The first-order valence-corrected chi connectivity index (χ1v) is 10.3. The van der Waals surface area contributed by atoms with Gasteiger partial charge in [-0.1, -0.05) is 6.07 Å². The molecule has 1 aromatic heterocycles. The summed E-state index contributed by atoms with van der Waals surface area (Å²) in [6, 6.07) is 5.93. The highest BCUT2D eigenvalue weighted by Crippen LogP contribution is 2.57. The van der Waals surface area contributed by atoms with E-state index in [9.17, 15) is 10.2 Å². The molecule has 0 spiro atoms. The van der Waals surface area contributed by atoms with Gasteiger partial charge in [0.25, 0.3) is 0 Å². The molecule has 6 rings (SSSR count). The third-order valence-corrected chi connectivity index (χ3v) is 7.93. The van der Waals surface area contributed by atoms with E-state index in [1.54, 1.807) is 6.07 Å². The quantitative estimate of drug-likeness (QED) is 0.763. The van der Waals surface area contributed by atoms with Gasteiger partial charge in [0.2, 0.25) is 0 Å². The molecule has 2 fully saturated rings. The van der Waals surface area contributed by atoms with Crippen molar-refractivity contribution in [1.82, 2.24) is 15.1 Å². The van der Waals surface area contributed by atoms with E-state index in [1.807, 2.05) is 6.07 Å². The third kappa shape index (κ3) is 2.04. The second-order valence-electron chi connectivity index (χ2n) is 9.38. The molecule has 142 valence electrons. The number of nitrogens with one attached hydrogen (secondary N) is 1. The Hall–Kier alpha value is -1.85. The van der Waals surface area contributed by atoms with Gasteiger partial charge < -0.3 is 10.2 Å². The van der Waals surface area contributed by atoms with Crippen LogP contribution < -0.4 is 0 Å². The Morgan fingerprint density at radius 3 is 2.96 bits per heavy atom.